The fourth-order valence-electron chi connectivity index (χ4n) is 4.71. The molecule has 3 rings (SSSR count). The fourth-order valence-corrected chi connectivity index (χ4v) is 4.71. The highest BCUT2D eigenvalue weighted by molar-refractivity contribution is 5.80. The second-order valence-corrected chi connectivity index (χ2v) is 8.60. The summed E-state index contributed by atoms with van der Waals surface area (Å²) >= 11 is 0. The van der Waals surface area contributed by atoms with E-state index in [2.05, 4.69) is 34.0 Å². The Morgan fingerprint density at radius 3 is 2.58 bits per heavy atom. The van der Waals surface area contributed by atoms with Crippen LogP contribution >= 0.6 is 0 Å². The summed E-state index contributed by atoms with van der Waals surface area (Å²) < 4.78 is 5.90. The van der Waals surface area contributed by atoms with Gasteiger partial charge in [0.2, 0.25) is 5.91 Å². The summed E-state index contributed by atoms with van der Waals surface area (Å²) in [5.74, 6) is 1.82. The van der Waals surface area contributed by atoms with Gasteiger partial charge in [-0.3, -0.25) is 14.7 Å². The molecule has 0 radical (unpaired) electrons. The van der Waals surface area contributed by atoms with Crippen LogP contribution in [0.25, 0.3) is 0 Å². The molecule has 1 N–H and O–H groups in total. The van der Waals surface area contributed by atoms with Crippen molar-refractivity contribution in [2.24, 2.45) is 16.3 Å². The predicted octanol–water partition coefficient (Wildman–Crippen LogP) is 0.471. The van der Waals surface area contributed by atoms with Gasteiger partial charge >= 0.3 is 0 Å². The minimum atomic E-state index is 0.158. The lowest BCUT2D eigenvalue weighted by Crippen LogP contribution is -2.68. The van der Waals surface area contributed by atoms with Gasteiger partial charge in [0.15, 0.2) is 5.96 Å². The quantitative estimate of drug-likeness (QED) is 0.580. The number of rotatable bonds is 4. The van der Waals surface area contributed by atoms with E-state index in [-0.39, 0.29) is 11.3 Å². The molecule has 3 unspecified atom stereocenters. The number of nitrogens with one attached hydrogen (secondary N) is 1. The molecule has 26 heavy (non-hydrogen) atoms. The number of hydrogen-bond acceptors (Lipinski definition) is 4. The van der Waals surface area contributed by atoms with Gasteiger partial charge in [0.05, 0.1) is 6.10 Å². The van der Waals surface area contributed by atoms with Gasteiger partial charge in [0.25, 0.3) is 0 Å². The summed E-state index contributed by atoms with van der Waals surface area (Å²) in [7, 11) is 5.51. The lowest BCUT2D eigenvalue weighted by atomic mass is 9.57. The Bertz CT molecular complexity index is 540. The van der Waals surface area contributed by atoms with Crippen molar-refractivity contribution >= 4 is 11.9 Å². The standard InChI is InChI=1S/C19H35N5O2/c1-19(2)16(14-7-13-26-17(14)19)21-18(20-3)24-11-9-23(10-12-24)8-6-15(25)22(4)5/h14,16-17H,6-13H2,1-5H3,(H,20,21). The first-order chi connectivity index (χ1) is 12.3. The molecule has 1 amide bonds. The van der Waals surface area contributed by atoms with E-state index in [1.807, 2.05) is 21.1 Å². The normalized spacial score (nSPS) is 31.3. The summed E-state index contributed by atoms with van der Waals surface area (Å²) in [6.45, 7) is 10.2. The van der Waals surface area contributed by atoms with Gasteiger partial charge < -0.3 is 19.9 Å². The van der Waals surface area contributed by atoms with Crippen LogP contribution in [0.1, 0.15) is 26.7 Å². The van der Waals surface area contributed by atoms with Crippen LogP contribution in [-0.2, 0) is 9.53 Å². The third-order valence-corrected chi connectivity index (χ3v) is 6.41. The van der Waals surface area contributed by atoms with Gasteiger partial charge in [0.1, 0.15) is 0 Å². The zero-order chi connectivity index (χ0) is 18.9. The molecule has 0 aromatic heterocycles. The van der Waals surface area contributed by atoms with Crippen LogP contribution in [-0.4, -0.2) is 99.2 Å². The van der Waals surface area contributed by atoms with Gasteiger partial charge in [-0.2, -0.15) is 0 Å². The highest BCUT2D eigenvalue weighted by Gasteiger charge is 2.59. The number of carbonyl (C=O) groups excluding carboxylic acids is 1. The minimum Gasteiger partial charge on any atom is -0.377 e. The zero-order valence-corrected chi connectivity index (χ0v) is 17.0. The molecule has 7 nitrogen and oxygen atoms in total. The summed E-state index contributed by atoms with van der Waals surface area (Å²) in [6, 6.07) is 0.435. The Labute approximate surface area is 157 Å². The number of amides is 1. The molecule has 0 bridgehead atoms. The largest absolute Gasteiger partial charge is 0.377 e. The Morgan fingerprint density at radius 1 is 1.27 bits per heavy atom. The molecule has 1 aliphatic carbocycles. The highest BCUT2D eigenvalue weighted by atomic mass is 16.5. The molecule has 2 aliphatic heterocycles. The summed E-state index contributed by atoms with van der Waals surface area (Å²) in [6.07, 6.45) is 2.14. The van der Waals surface area contributed by atoms with Gasteiger partial charge in [-0.05, 0) is 6.42 Å². The second-order valence-electron chi connectivity index (χ2n) is 8.60. The minimum absolute atomic E-state index is 0.158. The van der Waals surface area contributed by atoms with Crippen molar-refractivity contribution in [3.8, 4) is 0 Å². The lowest BCUT2D eigenvalue weighted by Gasteiger charge is -2.55. The average Bonchev–Trinajstić information content (AvgIpc) is 3.08. The molecule has 2 heterocycles. The molecule has 3 atom stereocenters. The van der Waals surface area contributed by atoms with Crippen LogP contribution in [0.2, 0.25) is 0 Å². The fraction of sp³-hybridized carbons (Fsp3) is 0.895. The van der Waals surface area contributed by atoms with Gasteiger partial charge in [-0.15, -0.1) is 0 Å². The summed E-state index contributed by atoms with van der Waals surface area (Å²) in [5.41, 5.74) is 0.158. The number of hydrogen-bond donors (Lipinski definition) is 1. The molecule has 7 heteroatoms. The maximum atomic E-state index is 11.8. The summed E-state index contributed by atoms with van der Waals surface area (Å²) in [4.78, 5) is 22.7. The van der Waals surface area contributed by atoms with Crippen LogP contribution < -0.4 is 5.32 Å². The number of aliphatic imine (C=N–C) groups is 1. The smallest absolute Gasteiger partial charge is 0.223 e. The van der Waals surface area contributed by atoms with E-state index in [0.29, 0.717) is 24.5 Å². The average molecular weight is 366 g/mol. The van der Waals surface area contributed by atoms with Crippen LogP contribution in [0, 0.1) is 11.3 Å². The molecule has 3 fully saturated rings. The Kier molecular flexibility index (Phi) is 5.77. The molecule has 2 saturated heterocycles. The zero-order valence-electron chi connectivity index (χ0n) is 17.0. The van der Waals surface area contributed by atoms with Gasteiger partial charge in [0, 0.05) is 84.3 Å². The highest BCUT2D eigenvalue weighted by Crippen LogP contribution is 2.52. The Morgan fingerprint density at radius 2 is 1.96 bits per heavy atom. The molecule has 0 aromatic carbocycles. The molecule has 148 valence electrons. The van der Waals surface area contributed by atoms with E-state index in [1.54, 1.807) is 4.90 Å². The number of guanidine groups is 1. The molecule has 0 aromatic rings. The van der Waals surface area contributed by atoms with Crippen LogP contribution in [0.4, 0.5) is 0 Å². The van der Waals surface area contributed by atoms with Crippen LogP contribution in [0.5, 0.6) is 0 Å². The van der Waals surface area contributed by atoms with Crippen molar-refractivity contribution < 1.29 is 9.53 Å². The maximum Gasteiger partial charge on any atom is 0.223 e. The lowest BCUT2D eigenvalue weighted by molar-refractivity contribution is -0.129. The molecule has 3 aliphatic rings. The topological polar surface area (TPSA) is 60.4 Å². The molecule has 0 spiro atoms. The molecule has 1 saturated carbocycles. The van der Waals surface area contributed by atoms with E-state index in [1.165, 1.54) is 0 Å². The van der Waals surface area contributed by atoms with E-state index in [9.17, 15) is 4.79 Å². The van der Waals surface area contributed by atoms with Crippen LogP contribution in [0.3, 0.4) is 0 Å². The number of ether oxygens (including phenoxy) is 1. The first kappa shape index (κ1) is 19.4. The van der Waals surface area contributed by atoms with Crippen molar-refractivity contribution in [3.05, 3.63) is 0 Å². The van der Waals surface area contributed by atoms with Crippen LogP contribution in [0.15, 0.2) is 4.99 Å². The predicted molar refractivity (Wildman–Crippen MR) is 103 cm³/mol. The van der Waals surface area contributed by atoms with Gasteiger partial charge in [-0.25, -0.2) is 0 Å². The van der Waals surface area contributed by atoms with Crippen molar-refractivity contribution in [1.82, 2.24) is 20.0 Å². The Hall–Kier alpha value is -1.34. The van der Waals surface area contributed by atoms with E-state index in [0.717, 1.165) is 51.7 Å². The number of piperazine rings is 1. The monoisotopic (exact) mass is 365 g/mol. The maximum absolute atomic E-state index is 11.8. The molecular weight excluding hydrogens is 330 g/mol. The number of nitrogens with zero attached hydrogens (tertiary/aromatic N) is 4. The first-order valence-corrected chi connectivity index (χ1v) is 9.87. The van der Waals surface area contributed by atoms with Crippen molar-refractivity contribution in [2.75, 3.05) is 60.5 Å². The van der Waals surface area contributed by atoms with E-state index in [4.69, 9.17) is 4.74 Å². The Balaban J connectivity index is 1.48. The van der Waals surface area contributed by atoms with Crippen molar-refractivity contribution in [2.45, 2.75) is 38.8 Å². The second kappa shape index (κ2) is 7.72. The molecular formula is C19H35N5O2. The van der Waals surface area contributed by atoms with Gasteiger partial charge in [-0.1, -0.05) is 13.8 Å². The van der Waals surface area contributed by atoms with E-state index >= 15 is 0 Å². The van der Waals surface area contributed by atoms with E-state index < -0.39 is 0 Å². The van der Waals surface area contributed by atoms with Crippen molar-refractivity contribution in [1.29, 1.82) is 0 Å². The third-order valence-electron chi connectivity index (χ3n) is 6.41. The number of carbonyl (C=O) groups is 1. The first-order valence-electron chi connectivity index (χ1n) is 9.87. The van der Waals surface area contributed by atoms with Crippen molar-refractivity contribution in [3.63, 3.8) is 0 Å². The SMILES string of the molecule is CN=C(NC1C2CCOC2C1(C)C)N1CCN(CCC(=O)N(C)C)CC1. The third kappa shape index (κ3) is 3.69. The number of fused-ring (bicyclic) bond motifs is 1. The summed E-state index contributed by atoms with van der Waals surface area (Å²) in [5, 5.41) is 3.73.